The number of aryl methyl sites for hydroxylation is 1. The van der Waals surface area contributed by atoms with Crippen molar-refractivity contribution in [3.05, 3.63) is 65.0 Å². The van der Waals surface area contributed by atoms with Crippen molar-refractivity contribution in [2.24, 2.45) is 0 Å². The Kier molecular flexibility index (Phi) is 5.28. The van der Waals surface area contributed by atoms with Crippen molar-refractivity contribution in [1.82, 2.24) is 20.3 Å². The van der Waals surface area contributed by atoms with E-state index in [1.165, 1.54) is 0 Å². The molecular formula is C18H18N4OS. The Labute approximate surface area is 144 Å². The molecule has 0 radical (unpaired) electrons. The summed E-state index contributed by atoms with van der Waals surface area (Å²) in [6.07, 6.45) is 8.15. The molecule has 0 aliphatic carbocycles. The molecule has 0 saturated carbocycles. The molecule has 24 heavy (non-hydrogen) atoms. The molecule has 0 aliphatic rings. The minimum Gasteiger partial charge on any atom is -0.347 e. The summed E-state index contributed by atoms with van der Waals surface area (Å²) < 4.78 is 0. The zero-order valence-corrected chi connectivity index (χ0v) is 14.2. The second kappa shape index (κ2) is 7.79. The molecule has 122 valence electrons. The van der Waals surface area contributed by atoms with E-state index in [-0.39, 0.29) is 11.9 Å². The summed E-state index contributed by atoms with van der Waals surface area (Å²) in [4.78, 5) is 24.8. The van der Waals surface area contributed by atoms with Crippen LogP contribution in [0.25, 0.3) is 11.3 Å². The fourth-order valence-electron chi connectivity index (χ4n) is 2.32. The number of rotatable bonds is 6. The molecule has 6 heteroatoms. The molecular weight excluding hydrogens is 320 g/mol. The minimum absolute atomic E-state index is 0.0204. The molecule has 1 amide bonds. The van der Waals surface area contributed by atoms with Crippen molar-refractivity contribution < 1.29 is 4.79 Å². The summed E-state index contributed by atoms with van der Waals surface area (Å²) in [5.41, 5.74) is 3.01. The van der Waals surface area contributed by atoms with E-state index < -0.39 is 0 Å². The van der Waals surface area contributed by atoms with Gasteiger partial charge < -0.3 is 5.32 Å². The van der Waals surface area contributed by atoms with E-state index in [0.29, 0.717) is 12.8 Å². The number of thiazole rings is 1. The van der Waals surface area contributed by atoms with Gasteiger partial charge in [0.2, 0.25) is 5.91 Å². The summed E-state index contributed by atoms with van der Waals surface area (Å²) in [5, 5.41) is 5.91. The molecule has 3 aromatic heterocycles. The van der Waals surface area contributed by atoms with Crippen LogP contribution in [-0.4, -0.2) is 20.9 Å². The Morgan fingerprint density at radius 3 is 2.79 bits per heavy atom. The molecule has 0 fully saturated rings. The fourth-order valence-corrected chi connectivity index (χ4v) is 3.16. The number of pyridine rings is 2. The van der Waals surface area contributed by atoms with Gasteiger partial charge in [0.15, 0.2) is 0 Å². The summed E-state index contributed by atoms with van der Waals surface area (Å²) in [5.74, 6) is 0.0204. The zero-order valence-electron chi connectivity index (χ0n) is 13.3. The lowest BCUT2D eigenvalue weighted by Crippen LogP contribution is -2.26. The first-order valence-corrected chi connectivity index (χ1v) is 8.64. The first kappa shape index (κ1) is 16.3. The maximum Gasteiger partial charge on any atom is 0.220 e. The molecule has 0 aliphatic heterocycles. The van der Waals surface area contributed by atoms with E-state index in [9.17, 15) is 4.79 Å². The first-order chi connectivity index (χ1) is 11.7. The van der Waals surface area contributed by atoms with Gasteiger partial charge in [-0.15, -0.1) is 11.3 Å². The molecule has 0 aromatic carbocycles. The van der Waals surface area contributed by atoms with Crippen LogP contribution >= 0.6 is 11.3 Å². The van der Waals surface area contributed by atoms with Gasteiger partial charge >= 0.3 is 0 Å². The number of nitrogens with zero attached hydrogens (tertiary/aromatic N) is 3. The molecule has 1 atom stereocenters. The van der Waals surface area contributed by atoms with Gasteiger partial charge in [-0.1, -0.05) is 6.07 Å². The van der Waals surface area contributed by atoms with Crippen molar-refractivity contribution >= 4 is 17.2 Å². The zero-order chi connectivity index (χ0) is 16.8. The molecule has 3 heterocycles. The number of hydrogen-bond donors (Lipinski definition) is 1. The third-order valence-electron chi connectivity index (χ3n) is 3.61. The standard InChI is InChI=1S/C18H18N4OS/c1-13(21-17(23)5-4-14-3-2-8-20-11-14)18-22-16(12-24-18)15-6-9-19-10-7-15/h2-3,6-13H,4-5H2,1H3,(H,21,23)/t13-/m1/s1. The van der Waals surface area contributed by atoms with Gasteiger partial charge in [-0.25, -0.2) is 4.98 Å². The van der Waals surface area contributed by atoms with Crippen molar-refractivity contribution in [3.63, 3.8) is 0 Å². The highest BCUT2D eigenvalue weighted by Gasteiger charge is 2.14. The Balaban J connectivity index is 1.56. The number of nitrogens with one attached hydrogen (secondary N) is 1. The van der Waals surface area contributed by atoms with Gasteiger partial charge in [0, 0.05) is 42.2 Å². The van der Waals surface area contributed by atoms with E-state index >= 15 is 0 Å². The average molecular weight is 338 g/mol. The lowest BCUT2D eigenvalue weighted by molar-refractivity contribution is -0.121. The average Bonchev–Trinajstić information content (AvgIpc) is 3.12. The van der Waals surface area contributed by atoms with Crippen molar-refractivity contribution in [3.8, 4) is 11.3 Å². The van der Waals surface area contributed by atoms with Crippen LogP contribution in [0.4, 0.5) is 0 Å². The summed E-state index contributed by atoms with van der Waals surface area (Å²) in [6.45, 7) is 1.96. The fraction of sp³-hybridized carbons (Fsp3) is 0.222. The number of carbonyl (C=O) groups is 1. The van der Waals surface area contributed by atoms with Crippen LogP contribution in [0.1, 0.15) is 30.0 Å². The van der Waals surface area contributed by atoms with Gasteiger partial charge in [0.25, 0.3) is 0 Å². The van der Waals surface area contributed by atoms with Crippen LogP contribution in [0.2, 0.25) is 0 Å². The van der Waals surface area contributed by atoms with Crippen LogP contribution in [0.3, 0.4) is 0 Å². The summed E-state index contributed by atoms with van der Waals surface area (Å²) >= 11 is 1.55. The van der Waals surface area contributed by atoms with E-state index in [4.69, 9.17) is 0 Å². The normalized spacial score (nSPS) is 11.9. The van der Waals surface area contributed by atoms with Gasteiger partial charge in [-0.3, -0.25) is 14.8 Å². The number of carbonyl (C=O) groups excluding carboxylic acids is 1. The highest BCUT2D eigenvalue weighted by Crippen LogP contribution is 2.25. The van der Waals surface area contributed by atoms with Crippen LogP contribution in [0, 0.1) is 0 Å². The maximum atomic E-state index is 12.1. The van der Waals surface area contributed by atoms with Crippen molar-refractivity contribution in [2.75, 3.05) is 0 Å². The lowest BCUT2D eigenvalue weighted by Gasteiger charge is -2.11. The van der Waals surface area contributed by atoms with E-state index in [1.807, 2.05) is 36.6 Å². The Morgan fingerprint density at radius 1 is 1.21 bits per heavy atom. The second-order valence-electron chi connectivity index (χ2n) is 5.46. The first-order valence-electron chi connectivity index (χ1n) is 7.76. The quantitative estimate of drug-likeness (QED) is 0.748. The Bertz CT molecular complexity index is 789. The van der Waals surface area contributed by atoms with Gasteiger partial charge in [-0.2, -0.15) is 0 Å². The third kappa shape index (κ3) is 4.23. The van der Waals surface area contributed by atoms with E-state index in [2.05, 4.69) is 20.3 Å². The van der Waals surface area contributed by atoms with Crippen LogP contribution in [0.5, 0.6) is 0 Å². The smallest absolute Gasteiger partial charge is 0.220 e. The third-order valence-corrected chi connectivity index (χ3v) is 4.64. The molecule has 5 nitrogen and oxygen atoms in total. The van der Waals surface area contributed by atoms with Gasteiger partial charge in [0.1, 0.15) is 5.01 Å². The minimum atomic E-state index is -0.105. The molecule has 0 spiro atoms. The van der Waals surface area contributed by atoms with E-state index in [0.717, 1.165) is 21.8 Å². The van der Waals surface area contributed by atoms with Gasteiger partial charge in [0.05, 0.1) is 11.7 Å². The Hall–Kier alpha value is -2.60. The van der Waals surface area contributed by atoms with Crippen molar-refractivity contribution in [2.45, 2.75) is 25.8 Å². The maximum absolute atomic E-state index is 12.1. The van der Waals surface area contributed by atoms with Gasteiger partial charge in [-0.05, 0) is 37.1 Å². The molecule has 3 rings (SSSR count). The SMILES string of the molecule is C[C@@H](NC(=O)CCc1cccnc1)c1nc(-c2ccncc2)cs1. The highest BCUT2D eigenvalue weighted by atomic mass is 32.1. The number of hydrogen-bond acceptors (Lipinski definition) is 5. The van der Waals surface area contributed by atoms with Crippen LogP contribution in [0.15, 0.2) is 54.4 Å². The van der Waals surface area contributed by atoms with Crippen molar-refractivity contribution in [1.29, 1.82) is 0 Å². The predicted octanol–water partition coefficient (Wildman–Crippen LogP) is 3.41. The number of aromatic nitrogens is 3. The number of amides is 1. The molecule has 0 saturated heterocycles. The lowest BCUT2D eigenvalue weighted by atomic mass is 10.1. The molecule has 1 N–H and O–H groups in total. The summed E-state index contributed by atoms with van der Waals surface area (Å²) in [6, 6.07) is 7.61. The second-order valence-corrected chi connectivity index (χ2v) is 6.35. The van der Waals surface area contributed by atoms with Crippen LogP contribution < -0.4 is 5.32 Å². The summed E-state index contributed by atoms with van der Waals surface area (Å²) in [7, 11) is 0. The topological polar surface area (TPSA) is 67.8 Å². The Morgan fingerprint density at radius 2 is 2.04 bits per heavy atom. The predicted molar refractivity (Wildman–Crippen MR) is 94.5 cm³/mol. The highest BCUT2D eigenvalue weighted by molar-refractivity contribution is 7.10. The molecule has 0 bridgehead atoms. The molecule has 3 aromatic rings. The monoisotopic (exact) mass is 338 g/mol. The molecule has 0 unspecified atom stereocenters. The van der Waals surface area contributed by atoms with Crippen LogP contribution in [-0.2, 0) is 11.2 Å². The van der Waals surface area contributed by atoms with E-state index in [1.54, 1.807) is 36.1 Å². The largest absolute Gasteiger partial charge is 0.347 e.